The fourth-order valence-electron chi connectivity index (χ4n) is 2.69. The Balaban J connectivity index is 2.01. The van der Waals surface area contributed by atoms with E-state index in [1.54, 1.807) is 13.2 Å². The first-order valence-corrected chi connectivity index (χ1v) is 7.20. The van der Waals surface area contributed by atoms with Gasteiger partial charge in [-0.15, -0.1) is 0 Å². The van der Waals surface area contributed by atoms with Crippen molar-refractivity contribution >= 4 is 11.7 Å². The van der Waals surface area contributed by atoms with Crippen molar-refractivity contribution in [1.82, 2.24) is 14.9 Å². The van der Waals surface area contributed by atoms with Crippen LogP contribution in [0.5, 0.6) is 0 Å². The van der Waals surface area contributed by atoms with Crippen LogP contribution in [0.1, 0.15) is 50.0 Å². The highest BCUT2D eigenvalue weighted by Gasteiger charge is 2.31. The van der Waals surface area contributed by atoms with Gasteiger partial charge in [-0.1, -0.05) is 13.8 Å². The smallest absolute Gasteiger partial charge is 0.274 e. The summed E-state index contributed by atoms with van der Waals surface area (Å²) >= 11 is 0. The quantitative estimate of drug-likeness (QED) is 0.921. The van der Waals surface area contributed by atoms with E-state index in [1.807, 2.05) is 11.9 Å². The number of aromatic nitrogens is 2. The highest BCUT2D eigenvalue weighted by molar-refractivity contribution is 5.92. The molecule has 1 aliphatic rings. The summed E-state index contributed by atoms with van der Waals surface area (Å²) in [7, 11) is 3.65. The largest absolute Gasteiger partial charge is 0.372 e. The lowest BCUT2D eigenvalue weighted by atomic mass is 9.75. The van der Waals surface area contributed by atoms with Crippen LogP contribution in [0.2, 0.25) is 0 Å². The maximum absolute atomic E-state index is 12.4. The summed E-state index contributed by atoms with van der Waals surface area (Å²) in [6.45, 7) is 4.60. The molecule has 5 nitrogen and oxygen atoms in total. The third kappa shape index (κ3) is 3.26. The van der Waals surface area contributed by atoms with E-state index in [2.05, 4.69) is 29.1 Å². The Morgan fingerprint density at radius 1 is 1.30 bits per heavy atom. The third-order valence-corrected chi connectivity index (χ3v) is 4.30. The number of nitrogens with one attached hydrogen (secondary N) is 1. The van der Waals surface area contributed by atoms with Crippen LogP contribution in [0.25, 0.3) is 0 Å². The van der Waals surface area contributed by atoms with Crippen LogP contribution >= 0.6 is 0 Å². The number of carbonyl (C=O) groups excluding carboxylic acids is 1. The SMILES string of the molecule is CNc1cnc(C(=O)N(C)C2CCC(C)(C)CC2)cn1. The van der Waals surface area contributed by atoms with Crippen LogP contribution in [0, 0.1) is 5.41 Å². The van der Waals surface area contributed by atoms with Gasteiger partial charge in [-0.3, -0.25) is 4.79 Å². The van der Waals surface area contributed by atoms with Crippen molar-refractivity contribution in [2.45, 2.75) is 45.6 Å². The molecular weight excluding hydrogens is 252 g/mol. The lowest BCUT2D eigenvalue weighted by molar-refractivity contribution is 0.0629. The lowest BCUT2D eigenvalue weighted by Gasteiger charge is -2.38. The number of carbonyl (C=O) groups is 1. The molecule has 110 valence electrons. The van der Waals surface area contributed by atoms with Gasteiger partial charge >= 0.3 is 0 Å². The molecule has 1 N–H and O–H groups in total. The highest BCUT2D eigenvalue weighted by atomic mass is 16.2. The van der Waals surface area contributed by atoms with Gasteiger partial charge in [0, 0.05) is 20.1 Å². The monoisotopic (exact) mass is 276 g/mol. The molecule has 0 atom stereocenters. The molecule has 20 heavy (non-hydrogen) atoms. The van der Waals surface area contributed by atoms with Crippen LogP contribution in [0.4, 0.5) is 5.82 Å². The van der Waals surface area contributed by atoms with Gasteiger partial charge in [-0.25, -0.2) is 9.97 Å². The molecule has 0 unspecified atom stereocenters. The minimum Gasteiger partial charge on any atom is -0.372 e. The average Bonchev–Trinajstić information content (AvgIpc) is 2.46. The molecule has 1 aromatic rings. The van der Waals surface area contributed by atoms with Gasteiger partial charge in [0.05, 0.1) is 12.4 Å². The van der Waals surface area contributed by atoms with Crippen LogP contribution < -0.4 is 5.32 Å². The fraction of sp³-hybridized carbons (Fsp3) is 0.667. The molecule has 0 bridgehead atoms. The molecule has 0 aliphatic heterocycles. The minimum absolute atomic E-state index is 0.0372. The third-order valence-electron chi connectivity index (χ3n) is 4.30. The molecule has 1 amide bonds. The predicted octanol–water partition coefficient (Wildman–Crippen LogP) is 2.56. The molecule has 0 aromatic carbocycles. The Labute approximate surface area is 120 Å². The number of rotatable bonds is 3. The van der Waals surface area contributed by atoms with Gasteiger partial charge in [0.2, 0.25) is 0 Å². The lowest BCUT2D eigenvalue weighted by Crippen LogP contribution is -2.41. The fourth-order valence-corrected chi connectivity index (χ4v) is 2.69. The molecule has 1 heterocycles. The zero-order valence-electron chi connectivity index (χ0n) is 12.8. The molecule has 0 spiro atoms. The Morgan fingerprint density at radius 3 is 2.45 bits per heavy atom. The van der Waals surface area contributed by atoms with Gasteiger partial charge < -0.3 is 10.2 Å². The summed E-state index contributed by atoms with van der Waals surface area (Å²) in [5.41, 5.74) is 0.825. The predicted molar refractivity (Wildman–Crippen MR) is 79.7 cm³/mol. The average molecular weight is 276 g/mol. The molecular formula is C15H24N4O. The van der Waals surface area contributed by atoms with Gasteiger partial charge in [0.25, 0.3) is 5.91 Å². The summed E-state index contributed by atoms with van der Waals surface area (Å²) in [5.74, 6) is 0.633. The summed E-state index contributed by atoms with van der Waals surface area (Å²) in [4.78, 5) is 22.6. The van der Waals surface area contributed by atoms with Crippen molar-refractivity contribution in [3.63, 3.8) is 0 Å². The van der Waals surface area contributed by atoms with Crippen molar-refractivity contribution in [2.75, 3.05) is 19.4 Å². The van der Waals surface area contributed by atoms with Gasteiger partial charge in [-0.2, -0.15) is 0 Å². The Bertz CT molecular complexity index is 459. The topological polar surface area (TPSA) is 58.1 Å². The first kappa shape index (κ1) is 14.8. The van der Waals surface area contributed by atoms with Gasteiger partial charge in [0.1, 0.15) is 11.5 Å². The standard InChI is InChI=1S/C15H24N4O/c1-15(2)7-5-11(6-8-15)19(4)14(20)12-9-18-13(16-3)10-17-12/h9-11H,5-8H2,1-4H3,(H,16,18). The number of anilines is 1. The summed E-state index contributed by atoms with van der Waals surface area (Å²) in [6, 6.07) is 0.321. The Hall–Kier alpha value is -1.65. The molecule has 1 saturated carbocycles. The van der Waals surface area contributed by atoms with Crippen LogP contribution in [-0.4, -0.2) is 40.9 Å². The second kappa shape index (κ2) is 5.77. The number of hydrogen-bond acceptors (Lipinski definition) is 4. The van der Waals surface area contributed by atoms with E-state index in [1.165, 1.54) is 19.0 Å². The van der Waals surface area contributed by atoms with E-state index in [0.717, 1.165) is 12.8 Å². The normalized spacial score (nSPS) is 18.6. The number of amides is 1. The van der Waals surface area contributed by atoms with E-state index < -0.39 is 0 Å². The molecule has 2 rings (SSSR count). The van der Waals surface area contributed by atoms with Crippen LogP contribution in [0.15, 0.2) is 12.4 Å². The molecule has 5 heteroatoms. The maximum atomic E-state index is 12.4. The first-order chi connectivity index (χ1) is 9.43. The zero-order chi connectivity index (χ0) is 14.8. The minimum atomic E-state index is -0.0372. The van der Waals surface area contributed by atoms with Crippen LogP contribution in [0.3, 0.4) is 0 Å². The maximum Gasteiger partial charge on any atom is 0.274 e. The van der Waals surface area contributed by atoms with Crippen LogP contribution in [-0.2, 0) is 0 Å². The first-order valence-electron chi connectivity index (χ1n) is 7.20. The molecule has 1 aliphatic carbocycles. The Morgan fingerprint density at radius 2 is 1.95 bits per heavy atom. The number of hydrogen-bond donors (Lipinski definition) is 1. The van der Waals surface area contributed by atoms with Crippen molar-refractivity contribution in [2.24, 2.45) is 5.41 Å². The van der Waals surface area contributed by atoms with E-state index in [-0.39, 0.29) is 5.91 Å². The van der Waals surface area contributed by atoms with E-state index in [0.29, 0.717) is 23.0 Å². The molecule has 1 aromatic heterocycles. The second-order valence-corrected chi connectivity index (χ2v) is 6.35. The molecule has 0 saturated heterocycles. The highest BCUT2D eigenvalue weighted by Crippen LogP contribution is 2.36. The number of nitrogens with zero attached hydrogens (tertiary/aromatic N) is 3. The Kier molecular flexibility index (Phi) is 4.26. The van der Waals surface area contributed by atoms with Crippen molar-refractivity contribution in [3.05, 3.63) is 18.1 Å². The molecule has 1 fully saturated rings. The molecule has 0 radical (unpaired) electrons. The van der Waals surface area contributed by atoms with E-state index >= 15 is 0 Å². The summed E-state index contributed by atoms with van der Waals surface area (Å²) in [5, 5.41) is 2.90. The van der Waals surface area contributed by atoms with E-state index in [4.69, 9.17) is 0 Å². The van der Waals surface area contributed by atoms with E-state index in [9.17, 15) is 4.79 Å². The van der Waals surface area contributed by atoms with Crippen molar-refractivity contribution < 1.29 is 4.79 Å². The van der Waals surface area contributed by atoms with Crippen molar-refractivity contribution in [1.29, 1.82) is 0 Å². The summed E-state index contributed by atoms with van der Waals surface area (Å²) in [6.07, 6.45) is 7.59. The second-order valence-electron chi connectivity index (χ2n) is 6.35. The van der Waals surface area contributed by atoms with Crippen molar-refractivity contribution in [3.8, 4) is 0 Å². The van der Waals surface area contributed by atoms with Gasteiger partial charge in [0.15, 0.2) is 0 Å². The zero-order valence-corrected chi connectivity index (χ0v) is 12.8. The summed E-state index contributed by atoms with van der Waals surface area (Å²) < 4.78 is 0. The van der Waals surface area contributed by atoms with Gasteiger partial charge in [-0.05, 0) is 31.1 Å².